The van der Waals surface area contributed by atoms with Crippen LogP contribution in [-0.2, 0) is 11.4 Å². The topological polar surface area (TPSA) is 122 Å². The number of rotatable bonds is 3. The van der Waals surface area contributed by atoms with Crippen LogP contribution in [0, 0.1) is 24.6 Å². The first-order valence-electron chi connectivity index (χ1n) is 11.0. The summed E-state index contributed by atoms with van der Waals surface area (Å²) >= 11 is 0. The number of benzene rings is 2. The maximum atomic E-state index is 13.7. The SMILES string of the molecule is Cc1ccc(NC(=O)N2OCC[C@@H]2c2cccc(F)c2)cc1C#Cc1n[nH]c2ncnc(CN)c12. The number of carbonyl (C=O) groups is 1. The number of hydrogen-bond donors (Lipinski definition) is 3. The molecule has 2 aromatic heterocycles. The summed E-state index contributed by atoms with van der Waals surface area (Å²) in [5.41, 5.74) is 10.4. The maximum Gasteiger partial charge on any atom is 0.346 e. The lowest BCUT2D eigenvalue weighted by atomic mass is 10.0. The van der Waals surface area contributed by atoms with Gasteiger partial charge in [0.05, 0.1) is 23.7 Å². The fourth-order valence-electron chi connectivity index (χ4n) is 3.99. The number of H-pyrrole nitrogens is 1. The van der Waals surface area contributed by atoms with Crippen LogP contribution in [0.1, 0.15) is 40.5 Å². The molecule has 1 aliphatic rings. The average Bonchev–Trinajstić information content (AvgIpc) is 3.52. The van der Waals surface area contributed by atoms with E-state index in [0.29, 0.717) is 52.3 Å². The van der Waals surface area contributed by atoms with E-state index < -0.39 is 6.03 Å². The zero-order chi connectivity index (χ0) is 24.4. The van der Waals surface area contributed by atoms with Crippen LogP contribution in [-0.4, -0.2) is 37.9 Å². The van der Waals surface area contributed by atoms with E-state index >= 15 is 0 Å². The highest BCUT2D eigenvalue weighted by atomic mass is 19.1. The number of urea groups is 1. The lowest BCUT2D eigenvalue weighted by molar-refractivity contribution is -0.0830. The van der Waals surface area contributed by atoms with Gasteiger partial charge in [-0.3, -0.25) is 9.94 Å². The summed E-state index contributed by atoms with van der Waals surface area (Å²) in [5, 5.41) is 11.9. The van der Waals surface area contributed by atoms with Crippen LogP contribution in [0.4, 0.5) is 14.9 Å². The molecule has 1 aliphatic heterocycles. The standard InChI is InChI=1S/C25H22FN7O2/c1-15-5-7-19(30-25(34)33-22(9-10-35-33)17-3-2-4-18(26)11-17)12-16(15)6-8-20-23-21(13-27)28-14-29-24(23)32-31-20/h2-5,7,11-12,14,22H,9-10,13,27H2,1H3,(H,30,34)(H,28,29,31,32)/t22-/m1/s1. The Morgan fingerprint density at radius 3 is 3.00 bits per heavy atom. The molecule has 0 aliphatic carbocycles. The molecular weight excluding hydrogens is 449 g/mol. The monoisotopic (exact) mass is 471 g/mol. The Morgan fingerprint density at radius 1 is 1.29 bits per heavy atom. The minimum Gasteiger partial charge on any atom is -0.325 e. The second-order valence-electron chi connectivity index (χ2n) is 8.05. The molecule has 35 heavy (non-hydrogen) atoms. The van der Waals surface area contributed by atoms with E-state index in [9.17, 15) is 9.18 Å². The van der Waals surface area contributed by atoms with Crippen LogP contribution in [0.5, 0.6) is 0 Å². The van der Waals surface area contributed by atoms with E-state index in [1.807, 2.05) is 13.0 Å². The average molecular weight is 471 g/mol. The van der Waals surface area contributed by atoms with Gasteiger partial charge in [0.1, 0.15) is 17.8 Å². The summed E-state index contributed by atoms with van der Waals surface area (Å²) in [6.07, 6.45) is 2.01. The van der Waals surface area contributed by atoms with Crippen LogP contribution >= 0.6 is 0 Å². The van der Waals surface area contributed by atoms with Crippen molar-refractivity contribution < 1.29 is 14.0 Å². The Morgan fingerprint density at radius 2 is 2.17 bits per heavy atom. The predicted molar refractivity (Wildman–Crippen MR) is 127 cm³/mol. The highest BCUT2D eigenvalue weighted by Crippen LogP contribution is 2.31. The molecule has 1 saturated heterocycles. The summed E-state index contributed by atoms with van der Waals surface area (Å²) in [4.78, 5) is 26.9. The molecule has 0 bridgehead atoms. The number of nitrogens with zero attached hydrogens (tertiary/aromatic N) is 4. The van der Waals surface area contributed by atoms with Crippen LogP contribution < -0.4 is 11.1 Å². The Balaban J connectivity index is 1.38. The Hall–Kier alpha value is -4.33. The number of hydrogen-bond acceptors (Lipinski definition) is 6. The van der Waals surface area contributed by atoms with Gasteiger partial charge < -0.3 is 11.1 Å². The van der Waals surface area contributed by atoms with Gasteiger partial charge in [0.15, 0.2) is 5.65 Å². The number of aryl methyl sites for hydroxylation is 1. The normalized spacial score (nSPS) is 15.2. The number of anilines is 1. The molecule has 4 aromatic rings. The number of hydroxylamine groups is 2. The molecule has 0 unspecified atom stereocenters. The van der Waals surface area contributed by atoms with Gasteiger partial charge in [0, 0.05) is 24.2 Å². The number of aromatic amines is 1. The minimum absolute atomic E-state index is 0.239. The van der Waals surface area contributed by atoms with Gasteiger partial charge in [0.25, 0.3) is 0 Å². The molecule has 2 amide bonds. The Bertz CT molecular complexity index is 1470. The van der Waals surface area contributed by atoms with Crippen molar-refractivity contribution in [2.24, 2.45) is 5.73 Å². The summed E-state index contributed by atoms with van der Waals surface area (Å²) < 4.78 is 13.7. The number of halogens is 1. The van der Waals surface area contributed by atoms with E-state index in [4.69, 9.17) is 10.6 Å². The molecule has 4 N–H and O–H groups in total. The van der Waals surface area contributed by atoms with E-state index in [2.05, 4.69) is 37.3 Å². The lowest BCUT2D eigenvalue weighted by Gasteiger charge is -2.23. The third-order valence-corrected chi connectivity index (χ3v) is 5.77. The highest BCUT2D eigenvalue weighted by molar-refractivity contribution is 5.89. The van der Waals surface area contributed by atoms with Crippen LogP contribution in [0.25, 0.3) is 11.0 Å². The summed E-state index contributed by atoms with van der Waals surface area (Å²) in [6.45, 7) is 2.53. The lowest BCUT2D eigenvalue weighted by Crippen LogP contribution is -2.33. The van der Waals surface area contributed by atoms with Crippen molar-refractivity contribution in [2.45, 2.75) is 25.9 Å². The van der Waals surface area contributed by atoms with Gasteiger partial charge in [-0.1, -0.05) is 24.1 Å². The number of fused-ring (bicyclic) bond motifs is 1. The zero-order valence-corrected chi connectivity index (χ0v) is 18.9. The van der Waals surface area contributed by atoms with Gasteiger partial charge in [0.2, 0.25) is 0 Å². The third kappa shape index (κ3) is 4.55. The van der Waals surface area contributed by atoms with Crippen molar-refractivity contribution in [2.75, 3.05) is 11.9 Å². The summed E-state index contributed by atoms with van der Waals surface area (Å²) in [6, 6.07) is 10.8. The molecule has 5 rings (SSSR count). The van der Waals surface area contributed by atoms with Gasteiger partial charge in [-0.05, 0) is 48.2 Å². The van der Waals surface area contributed by atoms with E-state index in [1.54, 1.807) is 24.3 Å². The number of nitrogens with one attached hydrogen (secondary N) is 2. The number of carbonyl (C=O) groups excluding carboxylic acids is 1. The van der Waals surface area contributed by atoms with Crippen LogP contribution in [0.3, 0.4) is 0 Å². The number of nitrogens with two attached hydrogens (primary N) is 1. The molecule has 0 radical (unpaired) electrons. The predicted octanol–water partition coefficient (Wildman–Crippen LogP) is 3.57. The first kappa shape index (κ1) is 22.5. The molecule has 1 atom stereocenters. The zero-order valence-electron chi connectivity index (χ0n) is 18.9. The molecule has 176 valence electrons. The highest BCUT2D eigenvalue weighted by Gasteiger charge is 2.32. The molecular formula is C25H22FN7O2. The fraction of sp³-hybridized carbons (Fsp3) is 0.200. The van der Waals surface area contributed by atoms with Crippen molar-refractivity contribution in [1.29, 1.82) is 0 Å². The Labute approximate surface area is 200 Å². The van der Waals surface area contributed by atoms with E-state index in [0.717, 1.165) is 5.56 Å². The minimum atomic E-state index is -0.442. The number of aromatic nitrogens is 4. The maximum absolute atomic E-state index is 13.7. The Kier molecular flexibility index (Phi) is 6.10. The van der Waals surface area contributed by atoms with Gasteiger partial charge >= 0.3 is 6.03 Å². The third-order valence-electron chi connectivity index (χ3n) is 5.77. The van der Waals surface area contributed by atoms with Crippen molar-refractivity contribution in [3.63, 3.8) is 0 Å². The van der Waals surface area contributed by atoms with Crippen molar-refractivity contribution in [1.82, 2.24) is 25.2 Å². The largest absolute Gasteiger partial charge is 0.346 e. The van der Waals surface area contributed by atoms with Crippen molar-refractivity contribution in [3.8, 4) is 11.8 Å². The second-order valence-corrected chi connectivity index (χ2v) is 8.05. The smallest absolute Gasteiger partial charge is 0.325 e. The van der Waals surface area contributed by atoms with Crippen molar-refractivity contribution >= 4 is 22.8 Å². The second kappa shape index (κ2) is 9.50. The molecule has 1 fully saturated rings. The van der Waals surface area contributed by atoms with Gasteiger partial charge in [-0.25, -0.2) is 19.2 Å². The van der Waals surface area contributed by atoms with E-state index in [-0.39, 0.29) is 18.4 Å². The van der Waals surface area contributed by atoms with Gasteiger partial charge in [-0.15, -0.1) is 0 Å². The van der Waals surface area contributed by atoms with E-state index in [1.165, 1.54) is 23.5 Å². The summed E-state index contributed by atoms with van der Waals surface area (Å²) in [7, 11) is 0. The first-order chi connectivity index (χ1) is 17.0. The first-order valence-corrected chi connectivity index (χ1v) is 11.0. The quantitative estimate of drug-likeness (QED) is 0.393. The van der Waals surface area contributed by atoms with Gasteiger partial charge in [-0.2, -0.15) is 10.2 Å². The fourth-order valence-corrected chi connectivity index (χ4v) is 3.99. The van der Waals surface area contributed by atoms with Crippen LogP contribution in [0.15, 0.2) is 48.8 Å². The molecule has 0 spiro atoms. The summed E-state index contributed by atoms with van der Waals surface area (Å²) in [5.74, 6) is 5.82. The number of amides is 2. The molecule has 3 heterocycles. The van der Waals surface area contributed by atoms with Crippen LogP contribution in [0.2, 0.25) is 0 Å². The molecule has 0 saturated carbocycles. The molecule has 10 heteroatoms. The molecule has 9 nitrogen and oxygen atoms in total. The van der Waals surface area contributed by atoms with Crippen molar-refractivity contribution in [3.05, 3.63) is 82.7 Å². The molecule has 2 aromatic carbocycles.